The van der Waals surface area contributed by atoms with Gasteiger partial charge in [-0.1, -0.05) is 36.2 Å². The molecule has 0 heterocycles. The topological polar surface area (TPSA) is 46.3 Å². The van der Waals surface area contributed by atoms with E-state index in [1.54, 1.807) is 6.07 Å². The number of nitrogens with two attached hydrogens (primary N) is 1. The fourth-order valence-corrected chi connectivity index (χ4v) is 2.43. The Balaban J connectivity index is 2.89. The van der Waals surface area contributed by atoms with Crippen molar-refractivity contribution < 1.29 is 4.79 Å². The van der Waals surface area contributed by atoms with Crippen LogP contribution in [0.1, 0.15) is 44.7 Å². The number of nitrogens with zero attached hydrogens (tertiary/aromatic N) is 1. The van der Waals surface area contributed by atoms with Gasteiger partial charge < -0.3 is 10.6 Å². The zero-order valence-electron chi connectivity index (χ0n) is 12.0. The predicted octanol–water partition coefficient (Wildman–Crippen LogP) is 4.03. The summed E-state index contributed by atoms with van der Waals surface area (Å²) in [5.74, 6) is 0.135. The number of carbonyl (C=O) groups is 1. The highest BCUT2D eigenvalue weighted by Gasteiger charge is 2.20. The molecule has 1 unspecified atom stereocenters. The Morgan fingerprint density at radius 2 is 2.05 bits per heavy atom. The van der Waals surface area contributed by atoms with E-state index in [4.69, 9.17) is 28.9 Å². The monoisotopic (exact) mass is 316 g/mol. The van der Waals surface area contributed by atoms with Gasteiger partial charge in [-0.25, -0.2) is 0 Å². The lowest BCUT2D eigenvalue weighted by Crippen LogP contribution is -2.34. The maximum atomic E-state index is 12.3. The summed E-state index contributed by atoms with van der Waals surface area (Å²) in [4.78, 5) is 14.2. The minimum Gasteiger partial charge on any atom is -0.336 e. The fourth-order valence-electron chi connectivity index (χ4n) is 2.12. The minimum absolute atomic E-state index is 0.0185. The fraction of sp³-hybridized carbons (Fsp3) is 0.533. The van der Waals surface area contributed by atoms with Crippen LogP contribution in [0.3, 0.4) is 0 Å². The van der Waals surface area contributed by atoms with Crippen molar-refractivity contribution in [3.63, 3.8) is 0 Å². The van der Waals surface area contributed by atoms with Crippen LogP contribution in [0.15, 0.2) is 18.2 Å². The van der Waals surface area contributed by atoms with Crippen LogP contribution in [-0.2, 0) is 4.79 Å². The number of amides is 1. The highest BCUT2D eigenvalue weighted by molar-refractivity contribution is 6.42. The van der Waals surface area contributed by atoms with E-state index in [0.717, 1.165) is 18.5 Å². The molecule has 0 aliphatic carbocycles. The van der Waals surface area contributed by atoms with Gasteiger partial charge in [-0.15, -0.1) is 0 Å². The van der Waals surface area contributed by atoms with Crippen LogP contribution in [0, 0.1) is 0 Å². The highest BCUT2D eigenvalue weighted by atomic mass is 35.5. The Morgan fingerprint density at radius 3 is 2.60 bits per heavy atom. The van der Waals surface area contributed by atoms with Crippen LogP contribution in [0.25, 0.3) is 0 Å². The van der Waals surface area contributed by atoms with Gasteiger partial charge in [-0.05, 0) is 44.0 Å². The quantitative estimate of drug-likeness (QED) is 0.825. The number of benzene rings is 1. The molecule has 1 atom stereocenters. The van der Waals surface area contributed by atoms with E-state index in [1.165, 1.54) is 0 Å². The first kappa shape index (κ1) is 17.3. The lowest BCUT2D eigenvalue weighted by atomic mass is 10.1. The molecule has 0 saturated carbocycles. The Kier molecular flexibility index (Phi) is 7.35. The van der Waals surface area contributed by atoms with Crippen LogP contribution >= 0.6 is 23.2 Å². The zero-order chi connectivity index (χ0) is 15.1. The summed E-state index contributed by atoms with van der Waals surface area (Å²) in [6.07, 6.45) is 2.12. The van der Waals surface area contributed by atoms with E-state index in [1.807, 2.05) is 24.0 Å². The SMILES string of the molecule is CCCN(C(=O)CCCN)C(C)c1ccc(Cl)c(Cl)c1. The van der Waals surface area contributed by atoms with Gasteiger partial charge in [0.25, 0.3) is 0 Å². The van der Waals surface area contributed by atoms with Crippen molar-refractivity contribution in [1.82, 2.24) is 4.90 Å². The second kappa shape index (κ2) is 8.50. The van der Waals surface area contributed by atoms with E-state index in [9.17, 15) is 4.79 Å². The average molecular weight is 317 g/mol. The van der Waals surface area contributed by atoms with Crippen molar-refractivity contribution in [2.75, 3.05) is 13.1 Å². The summed E-state index contributed by atoms with van der Waals surface area (Å²) in [7, 11) is 0. The Hall–Kier alpha value is -0.770. The summed E-state index contributed by atoms with van der Waals surface area (Å²) in [5, 5.41) is 1.04. The summed E-state index contributed by atoms with van der Waals surface area (Å²) in [6, 6.07) is 5.49. The summed E-state index contributed by atoms with van der Waals surface area (Å²) < 4.78 is 0. The van der Waals surface area contributed by atoms with Gasteiger partial charge in [-0.3, -0.25) is 4.79 Å². The third kappa shape index (κ3) is 4.65. The van der Waals surface area contributed by atoms with Crippen LogP contribution in [0.4, 0.5) is 0 Å². The van der Waals surface area contributed by atoms with Crippen molar-refractivity contribution >= 4 is 29.1 Å². The van der Waals surface area contributed by atoms with Crippen LogP contribution < -0.4 is 5.73 Å². The summed E-state index contributed by atoms with van der Waals surface area (Å²) in [5.41, 5.74) is 6.47. The van der Waals surface area contributed by atoms with Crippen LogP contribution in [0.2, 0.25) is 10.0 Å². The molecule has 0 aromatic heterocycles. The van der Waals surface area contributed by atoms with E-state index in [2.05, 4.69) is 6.92 Å². The number of hydrogen-bond acceptors (Lipinski definition) is 2. The molecule has 0 aliphatic rings. The molecule has 1 amide bonds. The Bertz CT molecular complexity index is 451. The molecule has 0 bridgehead atoms. The van der Waals surface area contributed by atoms with E-state index < -0.39 is 0 Å². The first-order valence-electron chi connectivity index (χ1n) is 6.95. The highest BCUT2D eigenvalue weighted by Crippen LogP contribution is 2.28. The molecular formula is C15H22Cl2N2O. The molecule has 0 fully saturated rings. The molecule has 1 aromatic carbocycles. The van der Waals surface area contributed by atoms with Crippen molar-refractivity contribution in [3.8, 4) is 0 Å². The molecule has 0 spiro atoms. The van der Waals surface area contributed by atoms with Gasteiger partial charge in [0.15, 0.2) is 0 Å². The summed E-state index contributed by atoms with van der Waals surface area (Å²) >= 11 is 12.0. The van der Waals surface area contributed by atoms with Gasteiger partial charge in [-0.2, -0.15) is 0 Å². The lowest BCUT2D eigenvalue weighted by Gasteiger charge is -2.29. The molecule has 5 heteroatoms. The number of carbonyl (C=O) groups excluding carboxylic acids is 1. The third-order valence-corrected chi connectivity index (χ3v) is 4.01. The standard InChI is InChI=1S/C15H22Cl2N2O/c1-3-9-19(15(20)5-4-8-18)11(2)12-6-7-13(16)14(17)10-12/h6-7,10-11H,3-5,8-9,18H2,1-2H3. The van der Waals surface area contributed by atoms with Crippen molar-refractivity contribution in [3.05, 3.63) is 33.8 Å². The van der Waals surface area contributed by atoms with Gasteiger partial charge >= 0.3 is 0 Å². The molecule has 2 N–H and O–H groups in total. The van der Waals surface area contributed by atoms with Crippen molar-refractivity contribution in [1.29, 1.82) is 0 Å². The number of halogens is 2. The van der Waals surface area contributed by atoms with Crippen molar-refractivity contribution in [2.45, 2.75) is 39.2 Å². The van der Waals surface area contributed by atoms with E-state index >= 15 is 0 Å². The van der Waals surface area contributed by atoms with E-state index in [-0.39, 0.29) is 11.9 Å². The maximum absolute atomic E-state index is 12.3. The molecule has 20 heavy (non-hydrogen) atoms. The van der Waals surface area contributed by atoms with Crippen LogP contribution in [0.5, 0.6) is 0 Å². The molecule has 1 rings (SSSR count). The molecule has 0 aliphatic heterocycles. The van der Waals surface area contributed by atoms with Crippen molar-refractivity contribution in [2.24, 2.45) is 5.73 Å². The van der Waals surface area contributed by atoms with Gasteiger partial charge in [0.05, 0.1) is 16.1 Å². The lowest BCUT2D eigenvalue weighted by molar-refractivity contribution is -0.133. The second-order valence-electron chi connectivity index (χ2n) is 4.83. The van der Waals surface area contributed by atoms with Gasteiger partial charge in [0.1, 0.15) is 0 Å². The molecule has 0 saturated heterocycles. The number of hydrogen-bond donors (Lipinski definition) is 1. The first-order valence-corrected chi connectivity index (χ1v) is 7.71. The zero-order valence-corrected chi connectivity index (χ0v) is 13.5. The first-order chi connectivity index (χ1) is 9.51. The second-order valence-corrected chi connectivity index (χ2v) is 5.64. The number of rotatable bonds is 7. The summed E-state index contributed by atoms with van der Waals surface area (Å²) in [6.45, 7) is 5.33. The smallest absolute Gasteiger partial charge is 0.223 e. The Morgan fingerprint density at radius 1 is 1.35 bits per heavy atom. The van der Waals surface area contributed by atoms with E-state index in [0.29, 0.717) is 29.4 Å². The molecular weight excluding hydrogens is 295 g/mol. The maximum Gasteiger partial charge on any atom is 0.223 e. The van der Waals surface area contributed by atoms with Crippen LogP contribution in [-0.4, -0.2) is 23.9 Å². The normalized spacial score (nSPS) is 12.2. The van der Waals surface area contributed by atoms with Gasteiger partial charge in [0.2, 0.25) is 5.91 Å². The molecule has 0 radical (unpaired) electrons. The molecule has 1 aromatic rings. The molecule has 112 valence electrons. The Labute approximate surface area is 131 Å². The van der Waals surface area contributed by atoms with Gasteiger partial charge in [0, 0.05) is 13.0 Å². The molecule has 3 nitrogen and oxygen atoms in total. The average Bonchev–Trinajstić information content (AvgIpc) is 2.44. The third-order valence-electron chi connectivity index (χ3n) is 3.27. The minimum atomic E-state index is -0.0185. The predicted molar refractivity (Wildman–Crippen MR) is 85.2 cm³/mol. The largest absolute Gasteiger partial charge is 0.336 e.